The van der Waals surface area contributed by atoms with Crippen molar-refractivity contribution in [3.05, 3.63) is 46.9 Å². The molecule has 4 aliphatic rings. The average Bonchev–Trinajstić information content (AvgIpc) is 2.98. The van der Waals surface area contributed by atoms with Gasteiger partial charge in [-0.1, -0.05) is 18.6 Å². The molecule has 5 heteroatoms. The molecular weight excluding hydrogens is 331 g/mol. The molecule has 4 unspecified atom stereocenters. The minimum Gasteiger partial charge on any atom is -0.468 e. The second kappa shape index (κ2) is 5.43. The van der Waals surface area contributed by atoms with Crippen LogP contribution in [0.3, 0.4) is 0 Å². The molecule has 1 aromatic carbocycles. The van der Waals surface area contributed by atoms with Crippen LogP contribution in [0.25, 0.3) is 10.9 Å². The molecule has 0 amide bonds. The van der Waals surface area contributed by atoms with Gasteiger partial charge in [0.05, 0.1) is 13.2 Å². The van der Waals surface area contributed by atoms with Crippen LogP contribution in [0.1, 0.15) is 31.0 Å². The summed E-state index contributed by atoms with van der Waals surface area (Å²) >= 11 is 0. The number of fused-ring (bicyclic) bond motifs is 3. The van der Waals surface area contributed by atoms with E-state index in [1.807, 2.05) is 0 Å². The van der Waals surface area contributed by atoms with Gasteiger partial charge in [-0.2, -0.15) is 0 Å². The number of piperidine rings is 1. The van der Waals surface area contributed by atoms with E-state index in [0.29, 0.717) is 5.92 Å². The number of ether oxygens (including phenoxy) is 1. The molecule has 0 saturated carbocycles. The lowest BCUT2D eigenvalue weighted by atomic mass is 9.60. The molecule has 0 spiro atoms. The van der Waals surface area contributed by atoms with Gasteiger partial charge in [-0.25, -0.2) is 4.39 Å². The number of carbonyl (C=O) groups excluding carboxylic acids is 1. The largest absolute Gasteiger partial charge is 0.468 e. The van der Waals surface area contributed by atoms with Crippen LogP contribution in [0.15, 0.2) is 29.8 Å². The second-order valence-corrected chi connectivity index (χ2v) is 7.84. The quantitative estimate of drug-likeness (QED) is 0.665. The van der Waals surface area contributed by atoms with Crippen LogP contribution in [-0.2, 0) is 21.4 Å². The molecule has 2 aromatic rings. The molecule has 1 saturated heterocycles. The number of halogens is 1. The van der Waals surface area contributed by atoms with Crippen LogP contribution in [0.5, 0.6) is 0 Å². The van der Waals surface area contributed by atoms with Gasteiger partial charge in [0.1, 0.15) is 11.2 Å². The van der Waals surface area contributed by atoms with E-state index in [1.54, 1.807) is 12.1 Å². The highest BCUT2D eigenvalue weighted by Gasteiger charge is 2.60. The zero-order valence-corrected chi connectivity index (χ0v) is 15.1. The highest BCUT2D eigenvalue weighted by Crippen LogP contribution is 2.53. The average molecular weight is 354 g/mol. The Hall–Kier alpha value is -2.14. The van der Waals surface area contributed by atoms with Gasteiger partial charge in [0.15, 0.2) is 0 Å². The van der Waals surface area contributed by atoms with Crippen molar-refractivity contribution in [1.82, 2.24) is 9.88 Å². The number of hydrogen-bond donors (Lipinski definition) is 1. The minimum atomic E-state index is -0.723. The molecule has 3 aliphatic heterocycles. The number of carbonyl (C=O) groups is 1. The zero-order chi connectivity index (χ0) is 18.1. The molecule has 4 bridgehead atoms. The predicted octanol–water partition coefficient (Wildman–Crippen LogP) is 3.31. The van der Waals surface area contributed by atoms with E-state index in [4.69, 9.17) is 4.74 Å². The van der Waals surface area contributed by atoms with Crippen LogP contribution < -0.4 is 0 Å². The fourth-order valence-corrected chi connectivity index (χ4v) is 5.73. The number of hydrogen-bond acceptors (Lipinski definition) is 3. The van der Waals surface area contributed by atoms with Gasteiger partial charge in [-0.15, -0.1) is 0 Å². The number of benzene rings is 1. The maximum atomic E-state index is 13.9. The number of methoxy groups -OCH3 is 1. The van der Waals surface area contributed by atoms with Crippen molar-refractivity contribution in [3.63, 3.8) is 0 Å². The SMILES string of the molecule is CCC1=CC2CN3CCc4c([nH]c5ccc(F)cc45)C(C(=O)OC)(C2)C13. The van der Waals surface area contributed by atoms with Crippen molar-refractivity contribution in [1.29, 1.82) is 0 Å². The molecule has 1 aromatic heterocycles. The van der Waals surface area contributed by atoms with Crippen molar-refractivity contribution in [2.75, 3.05) is 20.2 Å². The number of aromatic nitrogens is 1. The van der Waals surface area contributed by atoms with Crippen molar-refractivity contribution in [3.8, 4) is 0 Å². The lowest BCUT2D eigenvalue weighted by Gasteiger charge is -2.53. The summed E-state index contributed by atoms with van der Waals surface area (Å²) in [4.78, 5) is 19.2. The summed E-state index contributed by atoms with van der Waals surface area (Å²) in [6, 6.07) is 4.87. The Morgan fingerprint density at radius 1 is 1.46 bits per heavy atom. The standard InChI is InChI=1S/C21H23FN2O2/c1-3-13-8-12-10-21(20(25)26-2)18-15(6-7-24(11-12)19(13)21)16-9-14(22)4-5-17(16)23-18/h4-5,8-9,12,19,23H,3,6-7,10-11H2,1-2H3. The Morgan fingerprint density at radius 2 is 2.31 bits per heavy atom. The number of aromatic amines is 1. The lowest BCUT2D eigenvalue weighted by Crippen LogP contribution is -2.63. The van der Waals surface area contributed by atoms with Crippen LogP contribution >= 0.6 is 0 Å². The van der Waals surface area contributed by atoms with Gasteiger partial charge >= 0.3 is 5.97 Å². The maximum Gasteiger partial charge on any atom is 0.319 e. The molecule has 1 fully saturated rings. The Bertz CT molecular complexity index is 947. The van der Waals surface area contributed by atoms with Crippen LogP contribution in [0.4, 0.5) is 4.39 Å². The van der Waals surface area contributed by atoms with E-state index in [2.05, 4.69) is 22.9 Å². The first kappa shape index (κ1) is 16.1. The van der Waals surface area contributed by atoms with Crippen molar-refractivity contribution < 1.29 is 13.9 Å². The summed E-state index contributed by atoms with van der Waals surface area (Å²) in [5.74, 6) is -0.0656. The Labute approximate surface area is 152 Å². The molecule has 6 rings (SSSR count). The Kier molecular flexibility index (Phi) is 3.35. The molecule has 4 heterocycles. The van der Waals surface area contributed by atoms with E-state index < -0.39 is 5.41 Å². The Morgan fingerprint density at radius 3 is 3.08 bits per heavy atom. The molecule has 0 radical (unpaired) electrons. The Balaban J connectivity index is 1.83. The summed E-state index contributed by atoms with van der Waals surface area (Å²) < 4.78 is 19.3. The third kappa shape index (κ3) is 1.89. The summed E-state index contributed by atoms with van der Waals surface area (Å²) in [5, 5.41) is 0.898. The first-order chi connectivity index (χ1) is 12.6. The molecule has 1 aliphatic carbocycles. The lowest BCUT2D eigenvalue weighted by molar-refractivity contribution is -0.153. The summed E-state index contributed by atoms with van der Waals surface area (Å²) in [5.41, 5.74) is 3.53. The normalized spacial score (nSPS) is 32.1. The smallest absolute Gasteiger partial charge is 0.319 e. The van der Waals surface area contributed by atoms with Gasteiger partial charge in [0, 0.05) is 29.7 Å². The molecule has 136 valence electrons. The van der Waals surface area contributed by atoms with Gasteiger partial charge < -0.3 is 9.72 Å². The number of nitrogens with one attached hydrogen (secondary N) is 1. The topological polar surface area (TPSA) is 45.3 Å². The third-order valence-corrected chi connectivity index (χ3v) is 6.61. The monoisotopic (exact) mass is 354 g/mol. The van der Waals surface area contributed by atoms with E-state index in [0.717, 1.165) is 54.5 Å². The summed E-state index contributed by atoms with van der Waals surface area (Å²) in [7, 11) is 1.48. The third-order valence-electron chi connectivity index (χ3n) is 6.61. The van der Waals surface area contributed by atoms with Gasteiger partial charge in [-0.3, -0.25) is 9.69 Å². The van der Waals surface area contributed by atoms with Gasteiger partial charge in [0.25, 0.3) is 0 Å². The highest BCUT2D eigenvalue weighted by molar-refractivity contribution is 5.92. The van der Waals surface area contributed by atoms with Crippen molar-refractivity contribution in [2.45, 2.75) is 37.6 Å². The highest BCUT2D eigenvalue weighted by atomic mass is 19.1. The number of rotatable bonds is 2. The van der Waals surface area contributed by atoms with Gasteiger partial charge in [0.2, 0.25) is 0 Å². The predicted molar refractivity (Wildman–Crippen MR) is 97.5 cm³/mol. The van der Waals surface area contributed by atoms with Crippen LogP contribution in [-0.4, -0.2) is 42.1 Å². The molecule has 4 atom stereocenters. The summed E-state index contributed by atoms with van der Waals surface area (Å²) in [6.45, 7) is 4.03. The van der Waals surface area contributed by atoms with E-state index in [-0.39, 0.29) is 17.8 Å². The van der Waals surface area contributed by atoms with E-state index in [1.165, 1.54) is 18.7 Å². The first-order valence-electron chi connectivity index (χ1n) is 9.42. The van der Waals surface area contributed by atoms with Crippen molar-refractivity contribution >= 4 is 16.9 Å². The fraction of sp³-hybridized carbons (Fsp3) is 0.476. The van der Waals surface area contributed by atoms with Crippen LogP contribution in [0, 0.1) is 11.7 Å². The van der Waals surface area contributed by atoms with E-state index in [9.17, 15) is 9.18 Å². The van der Waals surface area contributed by atoms with Crippen LogP contribution in [0.2, 0.25) is 0 Å². The first-order valence-corrected chi connectivity index (χ1v) is 9.42. The minimum absolute atomic E-state index is 0.0316. The summed E-state index contributed by atoms with van der Waals surface area (Å²) in [6.07, 6.45) is 4.88. The molecule has 1 N–H and O–H groups in total. The molecule has 26 heavy (non-hydrogen) atoms. The number of H-pyrrole nitrogens is 1. The molecule has 4 nitrogen and oxygen atoms in total. The second-order valence-electron chi connectivity index (χ2n) is 7.84. The van der Waals surface area contributed by atoms with E-state index >= 15 is 0 Å². The van der Waals surface area contributed by atoms with Gasteiger partial charge in [-0.05, 0) is 48.9 Å². The fourth-order valence-electron chi connectivity index (χ4n) is 5.73. The number of nitrogens with zero attached hydrogens (tertiary/aromatic N) is 1. The molecular formula is C21H23FN2O2. The maximum absolute atomic E-state index is 13.9. The van der Waals surface area contributed by atoms with Crippen molar-refractivity contribution in [2.24, 2.45) is 5.92 Å². The number of esters is 1. The zero-order valence-electron chi connectivity index (χ0n) is 15.1.